The smallest absolute Gasteiger partial charge is 0.258 e. The summed E-state index contributed by atoms with van der Waals surface area (Å²) in [5.74, 6) is 0. The highest BCUT2D eigenvalue weighted by Gasteiger charge is 2.18. The number of nitro groups is 1. The van der Waals surface area contributed by atoms with E-state index in [4.69, 9.17) is 5.26 Å². The van der Waals surface area contributed by atoms with Crippen molar-refractivity contribution in [3.05, 3.63) is 39.9 Å². The van der Waals surface area contributed by atoms with Gasteiger partial charge in [0.1, 0.15) is 0 Å². The Morgan fingerprint density at radius 3 is 2.73 bits per heavy atom. The molecule has 0 aliphatic rings. The minimum absolute atomic E-state index is 0.0706. The quantitative estimate of drug-likeness (QED) is 0.561. The molecule has 0 saturated carbocycles. The third kappa shape index (κ3) is 3.06. The predicted molar refractivity (Wildman–Crippen MR) is 56.2 cm³/mol. The number of nitrogens with zero attached hydrogens (tertiary/aromatic N) is 2. The number of benzene rings is 1. The van der Waals surface area contributed by atoms with Crippen LogP contribution in [0.1, 0.15) is 19.4 Å². The first-order chi connectivity index (χ1) is 6.94. The molecule has 0 aromatic heterocycles. The maximum absolute atomic E-state index is 10.5. The van der Waals surface area contributed by atoms with Crippen LogP contribution in [-0.4, -0.2) is 4.92 Å². The molecule has 0 heterocycles. The van der Waals surface area contributed by atoms with Crippen LogP contribution in [0.5, 0.6) is 0 Å². The normalized spacial score (nSPS) is 10.7. The van der Waals surface area contributed by atoms with Crippen molar-refractivity contribution in [3.8, 4) is 6.07 Å². The van der Waals surface area contributed by atoms with Gasteiger partial charge in [-0.15, -0.1) is 0 Å². The Kier molecular flexibility index (Phi) is 3.05. The number of nitriles is 1. The topological polar surface area (TPSA) is 66.9 Å². The second kappa shape index (κ2) is 4.09. The molecule has 0 N–H and O–H groups in total. The molecule has 0 aliphatic heterocycles. The number of nitro benzene ring substituents is 1. The summed E-state index contributed by atoms with van der Waals surface area (Å²) in [6, 6.07) is 8.57. The summed E-state index contributed by atoms with van der Waals surface area (Å²) in [5, 5.41) is 19.4. The van der Waals surface area contributed by atoms with Gasteiger partial charge < -0.3 is 0 Å². The first-order valence-electron chi connectivity index (χ1n) is 4.59. The van der Waals surface area contributed by atoms with Gasteiger partial charge >= 0.3 is 0 Å². The lowest BCUT2D eigenvalue weighted by Crippen LogP contribution is -2.11. The number of hydrogen-bond acceptors (Lipinski definition) is 3. The van der Waals surface area contributed by atoms with Gasteiger partial charge in [0.2, 0.25) is 0 Å². The Balaban J connectivity index is 2.93. The molecule has 1 aromatic carbocycles. The summed E-state index contributed by atoms with van der Waals surface area (Å²) in [6.07, 6.45) is 0.519. The van der Waals surface area contributed by atoms with E-state index in [1.54, 1.807) is 12.1 Å². The molecule has 0 amide bonds. The van der Waals surface area contributed by atoms with Crippen LogP contribution >= 0.6 is 0 Å². The highest BCUT2D eigenvalue weighted by Crippen LogP contribution is 2.22. The van der Waals surface area contributed by atoms with Gasteiger partial charge in [-0.05, 0) is 25.8 Å². The van der Waals surface area contributed by atoms with E-state index >= 15 is 0 Å². The van der Waals surface area contributed by atoms with Gasteiger partial charge in [-0.2, -0.15) is 5.26 Å². The van der Waals surface area contributed by atoms with E-state index < -0.39 is 10.3 Å². The van der Waals surface area contributed by atoms with Gasteiger partial charge in [-0.25, -0.2) is 0 Å². The fraction of sp³-hybridized carbons (Fsp3) is 0.364. The van der Waals surface area contributed by atoms with Crippen molar-refractivity contribution in [2.75, 3.05) is 0 Å². The summed E-state index contributed by atoms with van der Waals surface area (Å²) in [7, 11) is 0. The summed E-state index contributed by atoms with van der Waals surface area (Å²) >= 11 is 0. The van der Waals surface area contributed by atoms with Crippen molar-refractivity contribution in [1.29, 1.82) is 5.26 Å². The molecule has 0 bridgehead atoms. The van der Waals surface area contributed by atoms with E-state index in [2.05, 4.69) is 6.07 Å². The monoisotopic (exact) mass is 204 g/mol. The molecule has 1 aromatic rings. The van der Waals surface area contributed by atoms with Crippen molar-refractivity contribution in [2.24, 2.45) is 5.41 Å². The zero-order chi connectivity index (χ0) is 11.5. The molecule has 0 spiro atoms. The van der Waals surface area contributed by atoms with E-state index in [1.165, 1.54) is 12.1 Å². The van der Waals surface area contributed by atoms with Crippen molar-refractivity contribution in [3.63, 3.8) is 0 Å². The average molecular weight is 204 g/mol. The SMILES string of the molecule is CC(C)(C#N)Cc1cccc([N+](=O)[O-])c1. The third-order valence-electron chi connectivity index (χ3n) is 2.07. The Morgan fingerprint density at radius 2 is 2.20 bits per heavy atom. The second-order valence-electron chi connectivity index (χ2n) is 4.10. The average Bonchev–Trinajstić information content (AvgIpc) is 2.17. The number of rotatable bonds is 3. The van der Waals surface area contributed by atoms with Crippen LogP contribution in [0.3, 0.4) is 0 Å². The van der Waals surface area contributed by atoms with Crippen molar-refractivity contribution in [1.82, 2.24) is 0 Å². The van der Waals surface area contributed by atoms with Gasteiger partial charge in [-0.3, -0.25) is 10.1 Å². The van der Waals surface area contributed by atoms with E-state index in [-0.39, 0.29) is 5.69 Å². The van der Waals surface area contributed by atoms with Crippen LogP contribution in [0, 0.1) is 26.9 Å². The van der Waals surface area contributed by atoms with Gasteiger partial charge in [0.25, 0.3) is 5.69 Å². The van der Waals surface area contributed by atoms with E-state index in [0.717, 1.165) is 5.56 Å². The minimum Gasteiger partial charge on any atom is -0.258 e. The molecule has 0 atom stereocenters. The predicted octanol–water partition coefficient (Wildman–Crippen LogP) is 2.69. The molecule has 0 saturated heterocycles. The first-order valence-corrected chi connectivity index (χ1v) is 4.59. The minimum atomic E-state index is -0.491. The number of non-ortho nitro benzene ring substituents is 1. The number of hydrogen-bond donors (Lipinski definition) is 0. The van der Waals surface area contributed by atoms with E-state index in [0.29, 0.717) is 6.42 Å². The zero-order valence-electron chi connectivity index (χ0n) is 8.73. The fourth-order valence-corrected chi connectivity index (χ4v) is 1.33. The molecule has 15 heavy (non-hydrogen) atoms. The van der Waals surface area contributed by atoms with Crippen molar-refractivity contribution >= 4 is 5.69 Å². The van der Waals surface area contributed by atoms with Crippen LogP contribution in [0.2, 0.25) is 0 Å². The van der Waals surface area contributed by atoms with Crippen molar-refractivity contribution < 1.29 is 4.92 Å². The van der Waals surface area contributed by atoms with Crippen molar-refractivity contribution in [2.45, 2.75) is 20.3 Å². The summed E-state index contributed by atoms with van der Waals surface area (Å²) in [5.41, 5.74) is 0.395. The van der Waals surface area contributed by atoms with E-state index in [1.807, 2.05) is 13.8 Å². The summed E-state index contributed by atoms with van der Waals surface area (Å²) < 4.78 is 0. The molecule has 0 fully saturated rings. The van der Waals surface area contributed by atoms with Crippen LogP contribution in [-0.2, 0) is 6.42 Å². The fourth-order valence-electron chi connectivity index (χ4n) is 1.33. The molecule has 0 aliphatic carbocycles. The molecule has 0 unspecified atom stereocenters. The molecule has 4 nitrogen and oxygen atoms in total. The zero-order valence-corrected chi connectivity index (χ0v) is 8.73. The van der Waals surface area contributed by atoms with Gasteiger partial charge in [0.05, 0.1) is 16.4 Å². The van der Waals surface area contributed by atoms with E-state index in [9.17, 15) is 10.1 Å². The van der Waals surface area contributed by atoms with Gasteiger partial charge in [0.15, 0.2) is 0 Å². The maximum atomic E-state index is 10.5. The van der Waals surface area contributed by atoms with Gasteiger partial charge in [-0.1, -0.05) is 12.1 Å². The maximum Gasteiger partial charge on any atom is 0.269 e. The largest absolute Gasteiger partial charge is 0.269 e. The van der Waals surface area contributed by atoms with Crippen LogP contribution in [0.15, 0.2) is 24.3 Å². The standard InChI is InChI=1S/C11H12N2O2/c1-11(2,8-12)7-9-4-3-5-10(6-9)13(14)15/h3-6H,7H2,1-2H3. The molecule has 1 rings (SSSR count). The third-order valence-corrected chi connectivity index (χ3v) is 2.07. The summed E-state index contributed by atoms with van der Waals surface area (Å²) in [6.45, 7) is 3.62. The molecular formula is C11H12N2O2. The van der Waals surface area contributed by atoms with Gasteiger partial charge in [0, 0.05) is 12.1 Å². The highest BCUT2D eigenvalue weighted by atomic mass is 16.6. The second-order valence-corrected chi connectivity index (χ2v) is 4.10. The lowest BCUT2D eigenvalue weighted by molar-refractivity contribution is -0.384. The van der Waals surface area contributed by atoms with Crippen LogP contribution in [0.4, 0.5) is 5.69 Å². The van der Waals surface area contributed by atoms with Crippen LogP contribution < -0.4 is 0 Å². The Hall–Kier alpha value is -1.89. The molecule has 78 valence electrons. The lowest BCUT2D eigenvalue weighted by atomic mass is 9.87. The molecule has 4 heteroatoms. The summed E-state index contributed by atoms with van der Waals surface area (Å²) in [4.78, 5) is 10.1. The Morgan fingerprint density at radius 1 is 1.53 bits per heavy atom. The lowest BCUT2D eigenvalue weighted by Gasteiger charge is -2.14. The highest BCUT2D eigenvalue weighted by molar-refractivity contribution is 5.35. The van der Waals surface area contributed by atoms with Crippen LogP contribution in [0.25, 0.3) is 0 Å². The first kappa shape index (κ1) is 11.2. The molecular weight excluding hydrogens is 192 g/mol. The molecule has 0 radical (unpaired) electrons. The Bertz CT molecular complexity index is 419. The Labute approximate surface area is 88.3 Å².